The van der Waals surface area contributed by atoms with Crippen LogP contribution in [0.4, 0.5) is 0 Å². The largest absolute Gasteiger partial charge is 0.346 e. The van der Waals surface area contributed by atoms with Gasteiger partial charge in [-0.2, -0.15) is 4.98 Å². The molecular weight excluding hydrogens is 315 g/mol. The van der Waals surface area contributed by atoms with Gasteiger partial charge in [-0.25, -0.2) is 0 Å². The van der Waals surface area contributed by atoms with Gasteiger partial charge in [0, 0.05) is 18.0 Å². The molecule has 0 saturated heterocycles. The molecule has 0 radical (unpaired) electrons. The molecule has 0 aromatic carbocycles. The zero-order valence-electron chi connectivity index (χ0n) is 11.1. The second-order valence-corrected chi connectivity index (χ2v) is 6.63. The van der Waals surface area contributed by atoms with Crippen molar-refractivity contribution in [3.8, 4) is 11.4 Å². The summed E-state index contributed by atoms with van der Waals surface area (Å²) in [5.74, 6) is 0.536. The Bertz CT molecular complexity index is 674. The van der Waals surface area contributed by atoms with E-state index >= 15 is 0 Å². The highest BCUT2D eigenvalue weighted by atomic mass is 35.5. The second kappa shape index (κ2) is 4.96. The molecule has 1 amide bonds. The minimum absolute atomic E-state index is 0.135. The van der Waals surface area contributed by atoms with Crippen LogP contribution in [0, 0.1) is 5.41 Å². The van der Waals surface area contributed by atoms with E-state index in [1.807, 2.05) is 0 Å². The topological polar surface area (TPSA) is 80.9 Å². The predicted molar refractivity (Wildman–Crippen MR) is 76.5 cm³/mol. The van der Waals surface area contributed by atoms with E-state index in [-0.39, 0.29) is 12.5 Å². The lowest BCUT2D eigenvalue weighted by Crippen LogP contribution is -2.32. The van der Waals surface area contributed by atoms with E-state index in [0.29, 0.717) is 18.1 Å². The molecule has 1 unspecified atom stereocenters. The Labute approximate surface area is 130 Å². The first-order chi connectivity index (χ1) is 9.92. The molecule has 1 N–H and O–H groups in total. The Hall–Kier alpha value is -1.66. The number of pyridine rings is 1. The van der Waals surface area contributed by atoms with Gasteiger partial charge in [0.05, 0.1) is 12.0 Å². The summed E-state index contributed by atoms with van der Waals surface area (Å²) in [4.78, 5) is 20.1. The van der Waals surface area contributed by atoms with Crippen molar-refractivity contribution >= 4 is 29.1 Å². The molecular formula is C13H12Cl2N4O2. The zero-order chi connectivity index (χ0) is 15.1. The summed E-state index contributed by atoms with van der Waals surface area (Å²) < 4.78 is 4.10. The first kappa shape index (κ1) is 14.3. The number of nitrogens with one attached hydrogen (secondary N) is 1. The minimum Gasteiger partial charge on any atom is -0.346 e. The first-order valence-corrected chi connectivity index (χ1v) is 7.07. The van der Waals surface area contributed by atoms with Crippen LogP contribution in [0.5, 0.6) is 0 Å². The Balaban J connectivity index is 1.63. The van der Waals surface area contributed by atoms with Gasteiger partial charge in [-0.3, -0.25) is 9.78 Å². The number of amides is 1. The number of aromatic nitrogens is 3. The van der Waals surface area contributed by atoms with Crippen molar-refractivity contribution in [3.63, 3.8) is 0 Å². The molecule has 2 heterocycles. The molecule has 2 aromatic rings. The molecule has 0 spiro atoms. The molecule has 110 valence electrons. The second-order valence-electron chi connectivity index (χ2n) is 5.14. The van der Waals surface area contributed by atoms with Crippen LogP contribution in [0.3, 0.4) is 0 Å². The summed E-state index contributed by atoms with van der Waals surface area (Å²) in [6, 6.07) is 3.54. The molecule has 1 atom stereocenters. The van der Waals surface area contributed by atoms with Gasteiger partial charge in [0.2, 0.25) is 17.6 Å². The van der Waals surface area contributed by atoms with E-state index < -0.39 is 9.75 Å². The van der Waals surface area contributed by atoms with Crippen LogP contribution in [-0.4, -0.2) is 25.4 Å². The van der Waals surface area contributed by atoms with Gasteiger partial charge in [0.25, 0.3) is 0 Å². The number of carbonyl (C=O) groups is 1. The third-order valence-electron chi connectivity index (χ3n) is 3.57. The Kier molecular flexibility index (Phi) is 3.37. The maximum absolute atomic E-state index is 12.0. The van der Waals surface area contributed by atoms with Crippen molar-refractivity contribution in [1.82, 2.24) is 20.4 Å². The van der Waals surface area contributed by atoms with Gasteiger partial charge < -0.3 is 9.84 Å². The van der Waals surface area contributed by atoms with Crippen LogP contribution in [0.15, 0.2) is 29.0 Å². The van der Waals surface area contributed by atoms with Crippen molar-refractivity contribution < 1.29 is 9.32 Å². The SMILES string of the molecule is CC1(C(=O)NCc2nc(-c3ccncc3)no2)CC1(Cl)Cl. The number of rotatable bonds is 4. The van der Waals surface area contributed by atoms with Crippen LogP contribution in [0.25, 0.3) is 11.4 Å². The van der Waals surface area contributed by atoms with Crippen LogP contribution >= 0.6 is 23.2 Å². The van der Waals surface area contributed by atoms with Crippen LogP contribution in [0.2, 0.25) is 0 Å². The van der Waals surface area contributed by atoms with E-state index in [0.717, 1.165) is 5.56 Å². The number of halogens is 2. The van der Waals surface area contributed by atoms with E-state index in [9.17, 15) is 4.79 Å². The van der Waals surface area contributed by atoms with E-state index in [2.05, 4.69) is 20.4 Å². The fourth-order valence-electron chi connectivity index (χ4n) is 1.94. The van der Waals surface area contributed by atoms with E-state index in [1.165, 1.54) is 0 Å². The number of hydrogen-bond donors (Lipinski definition) is 1. The van der Waals surface area contributed by atoms with Crippen LogP contribution in [0.1, 0.15) is 19.2 Å². The standard InChI is InChI=1S/C13H12Cl2N4O2/c1-12(7-13(12,14)15)11(20)17-6-9-18-10(19-21-9)8-2-4-16-5-3-8/h2-5H,6-7H2,1H3,(H,17,20). The monoisotopic (exact) mass is 326 g/mol. The minimum atomic E-state index is -0.992. The van der Waals surface area contributed by atoms with Crippen molar-refractivity contribution in [2.45, 2.75) is 24.2 Å². The summed E-state index contributed by atoms with van der Waals surface area (Å²) in [5.41, 5.74) is 0.0327. The smallest absolute Gasteiger partial charge is 0.246 e. The number of nitrogens with zero attached hydrogens (tertiary/aromatic N) is 3. The summed E-state index contributed by atoms with van der Waals surface area (Å²) in [6.45, 7) is 1.86. The fourth-order valence-corrected chi connectivity index (χ4v) is 2.65. The lowest BCUT2D eigenvalue weighted by molar-refractivity contribution is -0.126. The molecule has 8 heteroatoms. The molecule has 1 aliphatic carbocycles. The number of carbonyl (C=O) groups excluding carboxylic acids is 1. The molecule has 0 bridgehead atoms. The van der Waals surface area contributed by atoms with Gasteiger partial charge >= 0.3 is 0 Å². The van der Waals surface area contributed by atoms with Gasteiger partial charge in [0.1, 0.15) is 4.33 Å². The van der Waals surface area contributed by atoms with Crippen LogP contribution < -0.4 is 5.32 Å². The molecule has 0 aliphatic heterocycles. The van der Waals surface area contributed by atoms with Crippen molar-refractivity contribution in [2.24, 2.45) is 5.41 Å². The van der Waals surface area contributed by atoms with Gasteiger partial charge in [-0.05, 0) is 25.5 Å². The summed E-state index contributed by atoms with van der Waals surface area (Å²) in [5, 5.41) is 6.56. The number of alkyl halides is 2. The molecule has 3 rings (SSSR count). The first-order valence-electron chi connectivity index (χ1n) is 6.31. The van der Waals surface area contributed by atoms with Gasteiger partial charge in [-0.15, -0.1) is 23.2 Å². The highest BCUT2D eigenvalue weighted by Gasteiger charge is 2.67. The molecule has 21 heavy (non-hydrogen) atoms. The highest BCUT2D eigenvalue weighted by Crippen LogP contribution is 2.63. The normalized spacial score (nSPS) is 22.8. The Morgan fingerprint density at radius 3 is 2.71 bits per heavy atom. The predicted octanol–water partition coefficient (Wildman–Crippen LogP) is 2.33. The highest BCUT2D eigenvalue weighted by molar-refractivity contribution is 6.53. The quantitative estimate of drug-likeness (QED) is 0.872. The van der Waals surface area contributed by atoms with Crippen LogP contribution in [-0.2, 0) is 11.3 Å². The average molecular weight is 327 g/mol. The van der Waals surface area contributed by atoms with Crippen molar-refractivity contribution in [3.05, 3.63) is 30.4 Å². The Morgan fingerprint density at radius 2 is 2.10 bits per heavy atom. The van der Waals surface area contributed by atoms with Gasteiger partial charge in [0.15, 0.2) is 0 Å². The summed E-state index contributed by atoms with van der Waals surface area (Å²) in [7, 11) is 0. The summed E-state index contributed by atoms with van der Waals surface area (Å²) in [6.07, 6.45) is 3.71. The van der Waals surface area contributed by atoms with Gasteiger partial charge in [-0.1, -0.05) is 5.16 Å². The van der Waals surface area contributed by atoms with E-state index in [1.54, 1.807) is 31.5 Å². The number of hydrogen-bond acceptors (Lipinski definition) is 5. The molecule has 1 fully saturated rings. The maximum atomic E-state index is 12.0. The average Bonchev–Trinajstić information content (AvgIpc) is 2.83. The maximum Gasteiger partial charge on any atom is 0.246 e. The summed E-state index contributed by atoms with van der Waals surface area (Å²) >= 11 is 11.9. The molecule has 1 saturated carbocycles. The third kappa shape index (κ3) is 2.61. The lowest BCUT2D eigenvalue weighted by Gasteiger charge is -2.10. The molecule has 1 aliphatic rings. The third-order valence-corrected chi connectivity index (χ3v) is 4.67. The Morgan fingerprint density at radius 1 is 1.43 bits per heavy atom. The van der Waals surface area contributed by atoms with E-state index in [4.69, 9.17) is 27.7 Å². The van der Waals surface area contributed by atoms with Crippen molar-refractivity contribution in [1.29, 1.82) is 0 Å². The lowest BCUT2D eigenvalue weighted by atomic mass is 10.1. The molecule has 6 nitrogen and oxygen atoms in total. The molecule has 2 aromatic heterocycles. The fraction of sp³-hybridized carbons (Fsp3) is 0.385. The zero-order valence-corrected chi connectivity index (χ0v) is 12.6. The van der Waals surface area contributed by atoms with Crippen molar-refractivity contribution in [2.75, 3.05) is 0 Å².